The highest BCUT2D eigenvalue weighted by atomic mass is 19.4. The van der Waals surface area contributed by atoms with Gasteiger partial charge in [-0.3, -0.25) is 0 Å². The van der Waals surface area contributed by atoms with Gasteiger partial charge in [0.2, 0.25) is 0 Å². The van der Waals surface area contributed by atoms with Crippen LogP contribution in [0, 0.1) is 0 Å². The fourth-order valence-corrected chi connectivity index (χ4v) is 1.86. The summed E-state index contributed by atoms with van der Waals surface area (Å²) in [7, 11) is 0. The van der Waals surface area contributed by atoms with Gasteiger partial charge in [-0.2, -0.15) is 13.2 Å². The summed E-state index contributed by atoms with van der Waals surface area (Å²) in [5, 5.41) is 5.59. The van der Waals surface area contributed by atoms with Crippen molar-refractivity contribution in [1.29, 1.82) is 0 Å². The molecule has 1 aromatic heterocycles. The van der Waals surface area contributed by atoms with Crippen molar-refractivity contribution >= 4 is 11.5 Å². The van der Waals surface area contributed by atoms with Gasteiger partial charge in [-0.1, -0.05) is 0 Å². The van der Waals surface area contributed by atoms with Crippen LogP contribution in [-0.2, 0) is 0 Å². The standard InChI is InChI=1S/C11H15F3N4/c12-11(13,14)8-17-9-2-1-3-16-10(9)18-6-4-15-5-7-18/h1-3,15,17H,4-8H2. The molecular weight excluding hydrogens is 245 g/mol. The van der Waals surface area contributed by atoms with Crippen molar-refractivity contribution in [1.82, 2.24) is 10.3 Å². The number of hydrogen-bond acceptors (Lipinski definition) is 4. The number of piperazine rings is 1. The van der Waals surface area contributed by atoms with Gasteiger partial charge in [0.15, 0.2) is 5.82 Å². The highest BCUT2D eigenvalue weighted by molar-refractivity contribution is 5.65. The van der Waals surface area contributed by atoms with E-state index in [0.29, 0.717) is 11.5 Å². The Morgan fingerprint density at radius 3 is 2.72 bits per heavy atom. The first-order valence-corrected chi connectivity index (χ1v) is 5.77. The van der Waals surface area contributed by atoms with Crippen molar-refractivity contribution in [3.8, 4) is 0 Å². The molecule has 1 aliphatic rings. The van der Waals surface area contributed by atoms with Gasteiger partial charge in [-0.15, -0.1) is 0 Å². The number of pyridine rings is 1. The molecule has 0 aliphatic carbocycles. The van der Waals surface area contributed by atoms with Gasteiger partial charge in [-0.25, -0.2) is 4.98 Å². The molecule has 2 N–H and O–H groups in total. The summed E-state index contributed by atoms with van der Waals surface area (Å²) in [5.74, 6) is 0.586. The zero-order valence-electron chi connectivity index (χ0n) is 9.80. The molecule has 1 saturated heterocycles. The average Bonchev–Trinajstić information content (AvgIpc) is 2.37. The third kappa shape index (κ3) is 3.49. The van der Waals surface area contributed by atoms with Crippen LogP contribution in [0.4, 0.5) is 24.7 Å². The van der Waals surface area contributed by atoms with Crippen LogP contribution in [0.25, 0.3) is 0 Å². The van der Waals surface area contributed by atoms with E-state index < -0.39 is 12.7 Å². The summed E-state index contributed by atoms with van der Waals surface area (Å²) in [4.78, 5) is 6.15. The molecule has 0 spiro atoms. The summed E-state index contributed by atoms with van der Waals surface area (Å²) < 4.78 is 36.6. The summed E-state index contributed by atoms with van der Waals surface area (Å²) in [6, 6.07) is 3.25. The second kappa shape index (κ2) is 5.43. The molecule has 2 rings (SSSR count). The lowest BCUT2D eigenvalue weighted by Gasteiger charge is -2.30. The monoisotopic (exact) mass is 260 g/mol. The first-order chi connectivity index (χ1) is 8.56. The molecule has 0 saturated carbocycles. The fraction of sp³-hybridized carbons (Fsp3) is 0.545. The molecule has 100 valence electrons. The van der Waals surface area contributed by atoms with Gasteiger partial charge in [-0.05, 0) is 12.1 Å². The molecule has 1 fully saturated rings. The van der Waals surface area contributed by atoms with Crippen LogP contribution in [0.2, 0.25) is 0 Å². The Morgan fingerprint density at radius 1 is 1.33 bits per heavy atom. The fourth-order valence-electron chi connectivity index (χ4n) is 1.86. The third-order valence-corrected chi connectivity index (χ3v) is 2.68. The van der Waals surface area contributed by atoms with Crippen LogP contribution >= 0.6 is 0 Å². The second-order valence-electron chi connectivity index (χ2n) is 4.08. The van der Waals surface area contributed by atoms with Crippen LogP contribution in [0.1, 0.15) is 0 Å². The molecular formula is C11H15F3N4. The number of rotatable bonds is 3. The zero-order valence-corrected chi connectivity index (χ0v) is 9.80. The Morgan fingerprint density at radius 2 is 2.06 bits per heavy atom. The molecule has 1 aliphatic heterocycles. The van der Waals surface area contributed by atoms with Crippen LogP contribution in [0.15, 0.2) is 18.3 Å². The van der Waals surface area contributed by atoms with E-state index in [0.717, 1.165) is 26.2 Å². The smallest absolute Gasteiger partial charge is 0.373 e. The molecule has 2 heterocycles. The van der Waals surface area contributed by atoms with Crippen molar-refractivity contribution in [2.24, 2.45) is 0 Å². The quantitative estimate of drug-likeness (QED) is 0.863. The van der Waals surface area contributed by atoms with E-state index in [2.05, 4.69) is 15.6 Å². The highest BCUT2D eigenvalue weighted by Gasteiger charge is 2.27. The van der Waals surface area contributed by atoms with Gasteiger partial charge >= 0.3 is 6.18 Å². The molecule has 0 unspecified atom stereocenters. The molecule has 0 amide bonds. The van der Waals surface area contributed by atoms with E-state index in [1.54, 1.807) is 18.3 Å². The Hall–Kier alpha value is -1.50. The lowest BCUT2D eigenvalue weighted by atomic mass is 10.3. The number of hydrogen-bond donors (Lipinski definition) is 2. The summed E-state index contributed by atoms with van der Waals surface area (Å²) in [6.45, 7) is 2.08. The van der Waals surface area contributed by atoms with E-state index in [-0.39, 0.29) is 0 Å². The van der Waals surface area contributed by atoms with E-state index in [1.165, 1.54) is 0 Å². The van der Waals surface area contributed by atoms with Crippen molar-refractivity contribution in [3.05, 3.63) is 18.3 Å². The van der Waals surface area contributed by atoms with Gasteiger partial charge in [0.1, 0.15) is 6.54 Å². The number of nitrogens with zero attached hydrogens (tertiary/aromatic N) is 2. The van der Waals surface area contributed by atoms with E-state index in [1.807, 2.05) is 4.90 Å². The maximum absolute atomic E-state index is 12.2. The normalized spacial score (nSPS) is 16.7. The van der Waals surface area contributed by atoms with Crippen molar-refractivity contribution < 1.29 is 13.2 Å². The Bertz CT molecular complexity index is 388. The number of aromatic nitrogens is 1. The first kappa shape index (κ1) is 12.9. The van der Waals surface area contributed by atoms with Gasteiger partial charge in [0.25, 0.3) is 0 Å². The predicted octanol–water partition coefficient (Wildman–Crippen LogP) is 1.47. The molecule has 4 nitrogen and oxygen atoms in total. The minimum absolute atomic E-state index is 0.428. The van der Waals surface area contributed by atoms with E-state index >= 15 is 0 Å². The van der Waals surface area contributed by atoms with Gasteiger partial charge < -0.3 is 15.5 Å². The zero-order chi connectivity index (χ0) is 13.0. The highest BCUT2D eigenvalue weighted by Crippen LogP contribution is 2.24. The van der Waals surface area contributed by atoms with Crippen molar-refractivity contribution in [2.75, 3.05) is 42.9 Å². The number of halogens is 3. The van der Waals surface area contributed by atoms with E-state index in [4.69, 9.17) is 0 Å². The minimum Gasteiger partial charge on any atom is -0.373 e. The molecule has 1 aromatic rings. The topological polar surface area (TPSA) is 40.2 Å². The Kier molecular flexibility index (Phi) is 3.90. The van der Waals surface area contributed by atoms with Gasteiger partial charge in [0.05, 0.1) is 5.69 Å². The average molecular weight is 260 g/mol. The van der Waals surface area contributed by atoms with Crippen LogP contribution < -0.4 is 15.5 Å². The molecule has 0 bridgehead atoms. The number of anilines is 2. The molecule has 18 heavy (non-hydrogen) atoms. The van der Waals surface area contributed by atoms with Crippen LogP contribution in [0.3, 0.4) is 0 Å². The Labute approximate surface area is 103 Å². The van der Waals surface area contributed by atoms with Crippen LogP contribution in [-0.4, -0.2) is 43.9 Å². The summed E-state index contributed by atoms with van der Waals surface area (Å²) >= 11 is 0. The Balaban J connectivity index is 2.09. The number of nitrogens with one attached hydrogen (secondary N) is 2. The van der Waals surface area contributed by atoms with Crippen molar-refractivity contribution in [2.45, 2.75) is 6.18 Å². The molecule has 0 radical (unpaired) electrons. The molecule has 0 atom stereocenters. The predicted molar refractivity (Wildman–Crippen MR) is 63.9 cm³/mol. The maximum atomic E-state index is 12.2. The van der Waals surface area contributed by atoms with Gasteiger partial charge in [0, 0.05) is 32.4 Å². The molecule has 0 aromatic carbocycles. The third-order valence-electron chi connectivity index (χ3n) is 2.68. The molecule has 7 heteroatoms. The number of alkyl halides is 3. The summed E-state index contributed by atoms with van der Waals surface area (Å²) in [5.41, 5.74) is 0.428. The maximum Gasteiger partial charge on any atom is 0.405 e. The lowest BCUT2D eigenvalue weighted by Crippen LogP contribution is -2.44. The minimum atomic E-state index is -4.23. The second-order valence-corrected chi connectivity index (χ2v) is 4.08. The largest absolute Gasteiger partial charge is 0.405 e. The first-order valence-electron chi connectivity index (χ1n) is 5.77. The SMILES string of the molecule is FC(F)(F)CNc1cccnc1N1CCNCC1. The van der Waals surface area contributed by atoms with Crippen LogP contribution in [0.5, 0.6) is 0 Å². The summed E-state index contributed by atoms with van der Waals surface area (Å²) in [6.07, 6.45) is -2.63. The lowest BCUT2D eigenvalue weighted by molar-refractivity contribution is -0.115. The van der Waals surface area contributed by atoms with E-state index in [9.17, 15) is 13.2 Å². The van der Waals surface area contributed by atoms with Crippen molar-refractivity contribution in [3.63, 3.8) is 0 Å².